The maximum atomic E-state index is 13.0. The predicted molar refractivity (Wildman–Crippen MR) is 96.2 cm³/mol. The van der Waals surface area contributed by atoms with Crippen LogP contribution in [0.5, 0.6) is 0 Å². The van der Waals surface area contributed by atoms with E-state index >= 15 is 0 Å². The lowest BCUT2D eigenvalue weighted by Gasteiger charge is -2.24. The molecule has 1 aliphatic rings. The van der Waals surface area contributed by atoms with Crippen molar-refractivity contribution in [2.75, 3.05) is 13.1 Å². The van der Waals surface area contributed by atoms with Gasteiger partial charge in [0.25, 0.3) is 0 Å². The van der Waals surface area contributed by atoms with E-state index in [1.54, 1.807) is 12.1 Å². The van der Waals surface area contributed by atoms with Gasteiger partial charge in [-0.2, -0.15) is 0 Å². The fourth-order valence-electron chi connectivity index (χ4n) is 3.28. The van der Waals surface area contributed by atoms with Crippen LogP contribution in [0.3, 0.4) is 0 Å². The van der Waals surface area contributed by atoms with Crippen LogP contribution in [0.25, 0.3) is 0 Å². The third kappa shape index (κ3) is 4.65. The van der Waals surface area contributed by atoms with Crippen LogP contribution in [0.4, 0.5) is 4.39 Å². The molecule has 1 saturated heterocycles. The number of carbonyl (C=O) groups is 1. The number of nitrogens with one attached hydrogen (secondary N) is 1. The maximum Gasteiger partial charge on any atom is 0.237 e. The van der Waals surface area contributed by atoms with E-state index in [0.717, 1.165) is 30.5 Å². The number of carbonyl (C=O) groups excluding carboxylic acids is 1. The molecular formula is C20H24FN3O. The van der Waals surface area contributed by atoms with Crippen molar-refractivity contribution in [3.8, 4) is 0 Å². The fourth-order valence-corrected chi connectivity index (χ4v) is 3.28. The standard InChI is InChI=1S/C20H24FN3O/c21-17-10-8-15(9-11-17)14-24-12-4-7-19(24)20(25)23-13-18(22)16-5-2-1-3-6-16/h1-3,5-6,8-11,18-19H,4,7,12-14,22H2,(H,23,25). The van der Waals surface area contributed by atoms with E-state index in [2.05, 4.69) is 10.2 Å². The average Bonchev–Trinajstić information content (AvgIpc) is 3.10. The topological polar surface area (TPSA) is 58.4 Å². The molecule has 1 heterocycles. The van der Waals surface area contributed by atoms with Crippen molar-refractivity contribution >= 4 is 5.91 Å². The molecule has 2 unspecified atom stereocenters. The van der Waals surface area contributed by atoms with Gasteiger partial charge in [0.15, 0.2) is 0 Å². The lowest BCUT2D eigenvalue weighted by atomic mass is 10.1. The minimum atomic E-state index is -0.241. The Morgan fingerprint density at radius 1 is 1.20 bits per heavy atom. The smallest absolute Gasteiger partial charge is 0.237 e. The molecule has 1 fully saturated rings. The normalized spacial score (nSPS) is 18.9. The van der Waals surface area contributed by atoms with Gasteiger partial charge in [0.2, 0.25) is 5.91 Å². The molecule has 0 saturated carbocycles. The first kappa shape index (κ1) is 17.6. The minimum absolute atomic E-state index is 0.0194. The molecule has 25 heavy (non-hydrogen) atoms. The molecular weight excluding hydrogens is 317 g/mol. The van der Waals surface area contributed by atoms with Gasteiger partial charge in [0.1, 0.15) is 5.82 Å². The highest BCUT2D eigenvalue weighted by Gasteiger charge is 2.30. The van der Waals surface area contributed by atoms with Crippen LogP contribution in [0.15, 0.2) is 54.6 Å². The van der Waals surface area contributed by atoms with E-state index in [-0.39, 0.29) is 23.8 Å². The third-order valence-corrected chi connectivity index (χ3v) is 4.69. The largest absolute Gasteiger partial charge is 0.353 e. The zero-order valence-corrected chi connectivity index (χ0v) is 14.2. The number of amides is 1. The molecule has 3 N–H and O–H groups in total. The Morgan fingerprint density at radius 3 is 2.64 bits per heavy atom. The number of nitrogens with two attached hydrogens (primary N) is 1. The van der Waals surface area contributed by atoms with Gasteiger partial charge in [0, 0.05) is 19.1 Å². The van der Waals surface area contributed by atoms with E-state index in [0.29, 0.717) is 13.1 Å². The molecule has 3 rings (SSSR count). The summed E-state index contributed by atoms with van der Waals surface area (Å²) in [5, 5.41) is 2.98. The van der Waals surface area contributed by atoms with Gasteiger partial charge in [-0.15, -0.1) is 0 Å². The Bertz CT molecular complexity index is 690. The molecule has 1 aliphatic heterocycles. The van der Waals surface area contributed by atoms with Crippen LogP contribution in [-0.2, 0) is 11.3 Å². The van der Waals surface area contributed by atoms with Crippen LogP contribution in [0.1, 0.15) is 30.0 Å². The monoisotopic (exact) mass is 341 g/mol. The number of halogens is 1. The summed E-state index contributed by atoms with van der Waals surface area (Å²) in [7, 11) is 0. The Hall–Kier alpha value is -2.24. The minimum Gasteiger partial charge on any atom is -0.353 e. The van der Waals surface area contributed by atoms with Gasteiger partial charge < -0.3 is 11.1 Å². The molecule has 5 heteroatoms. The first-order valence-corrected chi connectivity index (χ1v) is 8.70. The summed E-state index contributed by atoms with van der Waals surface area (Å²) in [5.41, 5.74) is 8.18. The zero-order valence-electron chi connectivity index (χ0n) is 14.2. The van der Waals surface area contributed by atoms with Gasteiger partial charge in [-0.05, 0) is 42.6 Å². The molecule has 2 aromatic rings. The number of nitrogens with zero attached hydrogens (tertiary/aromatic N) is 1. The fraction of sp³-hybridized carbons (Fsp3) is 0.350. The van der Waals surface area contributed by atoms with Crippen LogP contribution >= 0.6 is 0 Å². The zero-order chi connectivity index (χ0) is 17.6. The van der Waals surface area contributed by atoms with Crippen molar-refractivity contribution in [2.24, 2.45) is 5.73 Å². The lowest BCUT2D eigenvalue weighted by Crippen LogP contribution is -2.44. The first-order chi connectivity index (χ1) is 12.1. The highest BCUT2D eigenvalue weighted by atomic mass is 19.1. The Morgan fingerprint density at radius 2 is 1.92 bits per heavy atom. The summed E-state index contributed by atoms with van der Waals surface area (Å²) in [5.74, 6) is -0.222. The Balaban J connectivity index is 1.54. The first-order valence-electron chi connectivity index (χ1n) is 8.70. The summed E-state index contributed by atoms with van der Waals surface area (Å²) >= 11 is 0. The van der Waals surface area contributed by atoms with Crippen LogP contribution in [0.2, 0.25) is 0 Å². The van der Waals surface area contributed by atoms with E-state index < -0.39 is 0 Å². The summed E-state index contributed by atoms with van der Waals surface area (Å²) in [6, 6.07) is 15.9. The molecule has 0 aromatic heterocycles. The van der Waals surface area contributed by atoms with Crippen LogP contribution < -0.4 is 11.1 Å². The summed E-state index contributed by atoms with van der Waals surface area (Å²) in [6.07, 6.45) is 1.83. The van der Waals surface area contributed by atoms with Gasteiger partial charge in [-0.25, -0.2) is 4.39 Å². The number of hydrogen-bond acceptors (Lipinski definition) is 3. The molecule has 0 spiro atoms. The highest BCUT2D eigenvalue weighted by molar-refractivity contribution is 5.82. The molecule has 0 radical (unpaired) electrons. The van der Waals surface area contributed by atoms with Crippen molar-refractivity contribution in [3.05, 3.63) is 71.5 Å². The maximum absolute atomic E-state index is 13.0. The second kappa shape index (κ2) is 8.23. The molecule has 0 bridgehead atoms. The average molecular weight is 341 g/mol. The van der Waals surface area contributed by atoms with E-state index in [1.807, 2.05) is 30.3 Å². The van der Waals surface area contributed by atoms with E-state index in [4.69, 9.17) is 5.73 Å². The van der Waals surface area contributed by atoms with Gasteiger partial charge >= 0.3 is 0 Å². The van der Waals surface area contributed by atoms with Gasteiger partial charge in [-0.3, -0.25) is 9.69 Å². The predicted octanol–water partition coefficient (Wildman–Crippen LogP) is 2.61. The number of benzene rings is 2. The number of likely N-dealkylation sites (tertiary alicyclic amines) is 1. The van der Waals surface area contributed by atoms with Crippen molar-refractivity contribution in [2.45, 2.75) is 31.5 Å². The molecule has 4 nitrogen and oxygen atoms in total. The van der Waals surface area contributed by atoms with Crippen LogP contribution in [-0.4, -0.2) is 29.9 Å². The number of hydrogen-bond donors (Lipinski definition) is 2. The van der Waals surface area contributed by atoms with Crippen molar-refractivity contribution < 1.29 is 9.18 Å². The molecule has 2 aromatic carbocycles. The van der Waals surface area contributed by atoms with Crippen molar-refractivity contribution in [3.63, 3.8) is 0 Å². The Labute approximate surface area is 147 Å². The van der Waals surface area contributed by atoms with Crippen molar-refractivity contribution in [1.82, 2.24) is 10.2 Å². The SMILES string of the molecule is NC(CNC(=O)C1CCCN1Cc1ccc(F)cc1)c1ccccc1. The molecule has 132 valence electrons. The van der Waals surface area contributed by atoms with Gasteiger partial charge in [0.05, 0.1) is 6.04 Å². The molecule has 1 amide bonds. The summed E-state index contributed by atoms with van der Waals surface area (Å²) < 4.78 is 13.0. The van der Waals surface area contributed by atoms with Crippen LogP contribution in [0, 0.1) is 5.82 Å². The second-order valence-corrected chi connectivity index (χ2v) is 6.52. The quantitative estimate of drug-likeness (QED) is 0.849. The lowest BCUT2D eigenvalue weighted by molar-refractivity contribution is -0.125. The van der Waals surface area contributed by atoms with Gasteiger partial charge in [-0.1, -0.05) is 42.5 Å². The third-order valence-electron chi connectivity index (χ3n) is 4.69. The second-order valence-electron chi connectivity index (χ2n) is 6.52. The van der Waals surface area contributed by atoms with E-state index in [9.17, 15) is 9.18 Å². The number of rotatable bonds is 6. The Kier molecular flexibility index (Phi) is 5.79. The molecule has 0 aliphatic carbocycles. The molecule has 2 atom stereocenters. The van der Waals surface area contributed by atoms with Crippen molar-refractivity contribution in [1.29, 1.82) is 0 Å². The highest BCUT2D eigenvalue weighted by Crippen LogP contribution is 2.20. The summed E-state index contributed by atoms with van der Waals surface area (Å²) in [6.45, 7) is 1.95. The summed E-state index contributed by atoms with van der Waals surface area (Å²) in [4.78, 5) is 14.7. The van der Waals surface area contributed by atoms with E-state index in [1.165, 1.54) is 12.1 Å².